The predicted octanol–water partition coefficient (Wildman–Crippen LogP) is 5.99. The molecule has 14 heavy (non-hydrogen) atoms. The van der Waals surface area contributed by atoms with E-state index in [-0.39, 0.29) is 10.8 Å². The van der Waals surface area contributed by atoms with Crippen LogP contribution in [0.5, 0.6) is 0 Å². The van der Waals surface area contributed by atoms with Crippen molar-refractivity contribution in [3.8, 4) is 0 Å². The molecule has 1 aromatic rings. The Morgan fingerprint density at radius 1 is 1.50 bits per heavy atom. The largest absolute Gasteiger partial charge is 0.121 e. The number of hydrogen-bond acceptors (Lipinski definition) is 1. The van der Waals surface area contributed by atoms with Gasteiger partial charge < -0.3 is 0 Å². The average Bonchev–Trinajstić information content (AvgIpc) is 2.44. The predicted molar refractivity (Wildman–Crippen MR) is 72.4 cm³/mol. The van der Waals surface area contributed by atoms with Crippen molar-refractivity contribution in [2.75, 3.05) is 0 Å². The summed E-state index contributed by atoms with van der Waals surface area (Å²) < 4.78 is 2.25. The summed E-state index contributed by atoms with van der Waals surface area (Å²) in [5.74, 6) is 0. The fraction of sp³-hybridized carbons (Fsp3) is 0.600. The summed E-state index contributed by atoms with van der Waals surface area (Å²) >= 11 is 15.2. The zero-order valence-electron chi connectivity index (χ0n) is 8.40. The summed E-state index contributed by atoms with van der Waals surface area (Å²) in [6.07, 6.45) is 1.07. The molecule has 0 nitrogen and oxygen atoms in total. The van der Waals surface area contributed by atoms with Gasteiger partial charge in [-0.15, -0.1) is 22.9 Å². The maximum Gasteiger partial charge on any atom is 0.0757 e. The highest BCUT2D eigenvalue weighted by atomic mass is 79.9. The normalized spacial score (nSPS) is 14.4. The van der Waals surface area contributed by atoms with Crippen LogP contribution in [0.2, 0.25) is 0 Å². The minimum atomic E-state index is 0.0597. The standard InChI is InChI=1S/C10H13Br2ClS/c1-4-10(2,3)8(13)6-5-7(11)14-9(6)12/h5,8H,4H2,1-3H3. The summed E-state index contributed by atoms with van der Waals surface area (Å²) in [5, 5.41) is 0.0597. The van der Waals surface area contributed by atoms with Crippen LogP contribution < -0.4 is 0 Å². The molecule has 1 unspecified atom stereocenters. The first kappa shape index (κ1) is 13.0. The third-order valence-electron chi connectivity index (χ3n) is 2.55. The highest BCUT2D eigenvalue weighted by Crippen LogP contribution is 2.47. The summed E-state index contributed by atoms with van der Waals surface area (Å²) in [6, 6.07) is 2.10. The van der Waals surface area contributed by atoms with Crippen molar-refractivity contribution in [1.82, 2.24) is 0 Å². The van der Waals surface area contributed by atoms with Crippen molar-refractivity contribution < 1.29 is 0 Å². The van der Waals surface area contributed by atoms with E-state index in [1.165, 1.54) is 5.56 Å². The van der Waals surface area contributed by atoms with E-state index < -0.39 is 0 Å². The Hall–Kier alpha value is 0.950. The Kier molecular flexibility index (Phi) is 4.51. The van der Waals surface area contributed by atoms with Gasteiger partial charge in [0.25, 0.3) is 0 Å². The topological polar surface area (TPSA) is 0 Å². The molecule has 4 heteroatoms. The summed E-state index contributed by atoms with van der Waals surface area (Å²) in [6.45, 7) is 6.57. The van der Waals surface area contributed by atoms with Gasteiger partial charge in [0.1, 0.15) is 0 Å². The third-order valence-corrected chi connectivity index (χ3v) is 5.77. The van der Waals surface area contributed by atoms with Crippen LogP contribution >= 0.6 is 54.8 Å². The van der Waals surface area contributed by atoms with Gasteiger partial charge >= 0.3 is 0 Å². The summed E-state index contributed by atoms with van der Waals surface area (Å²) in [5.41, 5.74) is 1.32. The van der Waals surface area contributed by atoms with Crippen LogP contribution in [0, 0.1) is 5.41 Å². The molecule has 0 aliphatic heterocycles. The Morgan fingerprint density at radius 2 is 2.07 bits per heavy atom. The fourth-order valence-corrected chi connectivity index (χ4v) is 4.55. The van der Waals surface area contributed by atoms with Gasteiger partial charge in [-0.1, -0.05) is 20.8 Å². The molecule has 0 saturated heterocycles. The quantitative estimate of drug-likeness (QED) is 0.581. The van der Waals surface area contributed by atoms with E-state index in [1.54, 1.807) is 11.3 Å². The second-order valence-electron chi connectivity index (χ2n) is 3.98. The van der Waals surface area contributed by atoms with Gasteiger partial charge in [-0.25, -0.2) is 0 Å². The van der Waals surface area contributed by atoms with Crippen LogP contribution in [-0.4, -0.2) is 0 Å². The van der Waals surface area contributed by atoms with E-state index in [9.17, 15) is 0 Å². The highest BCUT2D eigenvalue weighted by molar-refractivity contribution is 9.12. The molecule has 0 spiro atoms. The molecule has 0 bridgehead atoms. The second kappa shape index (κ2) is 4.86. The minimum Gasteiger partial charge on any atom is -0.121 e. The molecular weight excluding hydrogens is 347 g/mol. The van der Waals surface area contributed by atoms with Gasteiger partial charge in [-0.3, -0.25) is 0 Å². The summed E-state index contributed by atoms with van der Waals surface area (Å²) in [4.78, 5) is 0. The van der Waals surface area contributed by atoms with E-state index in [0.717, 1.165) is 14.0 Å². The molecule has 1 aromatic heterocycles. The lowest BCUT2D eigenvalue weighted by molar-refractivity contribution is 0.336. The van der Waals surface area contributed by atoms with Gasteiger partial charge in [0, 0.05) is 0 Å². The maximum absolute atomic E-state index is 6.47. The van der Waals surface area contributed by atoms with Gasteiger partial charge in [0.05, 0.1) is 12.9 Å². The number of rotatable bonds is 3. The minimum absolute atomic E-state index is 0.0597. The molecule has 0 aliphatic carbocycles. The zero-order valence-corrected chi connectivity index (χ0v) is 13.1. The second-order valence-corrected chi connectivity index (χ2v) is 8.17. The van der Waals surface area contributed by atoms with Gasteiger partial charge in [0.2, 0.25) is 0 Å². The smallest absolute Gasteiger partial charge is 0.0757 e. The van der Waals surface area contributed by atoms with Gasteiger partial charge in [-0.05, 0) is 55.3 Å². The molecular formula is C10H13Br2ClS. The Labute approximate surface area is 111 Å². The lowest BCUT2D eigenvalue weighted by Crippen LogP contribution is -2.16. The number of hydrogen-bond donors (Lipinski definition) is 0. The highest BCUT2D eigenvalue weighted by Gasteiger charge is 2.29. The first-order chi connectivity index (χ1) is 6.38. The zero-order chi connectivity index (χ0) is 10.9. The molecule has 0 aromatic carbocycles. The van der Waals surface area contributed by atoms with Crippen LogP contribution in [0.4, 0.5) is 0 Å². The molecule has 1 heterocycles. The van der Waals surface area contributed by atoms with Crippen LogP contribution in [0.1, 0.15) is 38.1 Å². The maximum atomic E-state index is 6.47. The fourth-order valence-electron chi connectivity index (χ4n) is 1.13. The van der Waals surface area contributed by atoms with Gasteiger partial charge in [0.15, 0.2) is 0 Å². The van der Waals surface area contributed by atoms with Crippen molar-refractivity contribution >= 4 is 54.8 Å². The van der Waals surface area contributed by atoms with Crippen molar-refractivity contribution in [3.05, 3.63) is 19.2 Å². The van der Waals surface area contributed by atoms with Crippen molar-refractivity contribution in [1.29, 1.82) is 0 Å². The monoisotopic (exact) mass is 358 g/mol. The molecule has 0 fully saturated rings. The molecule has 0 saturated carbocycles. The van der Waals surface area contributed by atoms with Crippen molar-refractivity contribution in [3.63, 3.8) is 0 Å². The van der Waals surface area contributed by atoms with E-state index in [4.69, 9.17) is 11.6 Å². The van der Waals surface area contributed by atoms with Crippen molar-refractivity contribution in [2.45, 2.75) is 32.6 Å². The van der Waals surface area contributed by atoms with E-state index in [0.29, 0.717) is 0 Å². The Balaban J connectivity index is 3.00. The summed E-state index contributed by atoms with van der Waals surface area (Å²) in [7, 11) is 0. The molecule has 0 radical (unpaired) electrons. The first-order valence-corrected chi connectivity index (χ1v) is 7.31. The van der Waals surface area contributed by atoms with E-state index >= 15 is 0 Å². The van der Waals surface area contributed by atoms with Crippen LogP contribution in [0.25, 0.3) is 0 Å². The molecule has 1 rings (SSSR count). The number of halogens is 3. The Bertz CT molecular complexity index is 320. The van der Waals surface area contributed by atoms with Gasteiger partial charge in [-0.2, -0.15) is 0 Å². The SMILES string of the molecule is CCC(C)(C)C(Cl)c1cc(Br)sc1Br. The van der Waals surface area contributed by atoms with Crippen LogP contribution in [0.15, 0.2) is 13.6 Å². The molecule has 0 amide bonds. The average molecular weight is 361 g/mol. The number of thiophene rings is 1. The van der Waals surface area contributed by atoms with Crippen molar-refractivity contribution in [2.24, 2.45) is 5.41 Å². The van der Waals surface area contributed by atoms with Crippen LogP contribution in [-0.2, 0) is 0 Å². The van der Waals surface area contributed by atoms with E-state index in [1.807, 2.05) is 0 Å². The lowest BCUT2D eigenvalue weighted by Gasteiger charge is -2.28. The van der Waals surface area contributed by atoms with E-state index in [2.05, 4.69) is 58.7 Å². The molecule has 80 valence electrons. The van der Waals surface area contributed by atoms with Crippen LogP contribution in [0.3, 0.4) is 0 Å². The lowest BCUT2D eigenvalue weighted by atomic mass is 9.83. The molecule has 0 aliphatic rings. The first-order valence-electron chi connectivity index (χ1n) is 4.47. The molecule has 1 atom stereocenters. The Morgan fingerprint density at radius 3 is 2.43 bits per heavy atom. The number of alkyl halides is 1. The third kappa shape index (κ3) is 2.75. The molecule has 0 N–H and O–H groups in total.